The highest BCUT2D eigenvalue weighted by atomic mass is 35.5. The normalized spacial score (nSPS) is 11.0. The quantitative estimate of drug-likeness (QED) is 0.389. The Morgan fingerprint density at radius 2 is 1.73 bits per heavy atom. The van der Waals surface area contributed by atoms with Crippen molar-refractivity contribution in [3.05, 3.63) is 75.3 Å². The number of halogens is 2. The topological polar surface area (TPSA) is 35.0 Å². The van der Waals surface area contributed by atoms with Gasteiger partial charge in [0.05, 0.1) is 5.39 Å². The van der Waals surface area contributed by atoms with Crippen LogP contribution in [-0.4, -0.2) is 9.97 Å². The molecule has 0 spiro atoms. The van der Waals surface area contributed by atoms with Gasteiger partial charge in [-0.2, -0.15) is 0 Å². The van der Waals surface area contributed by atoms with Gasteiger partial charge in [0, 0.05) is 26.6 Å². The fourth-order valence-corrected chi connectivity index (χ4v) is 4.13. The van der Waals surface area contributed by atoms with E-state index in [0.29, 0.717) is 15.9 Å². The second kappa shape index (κ2) is 7.23. The lowest BCUT2D eigenvalue weighted by molar-refractivity contribution is 0.298. The zero-order valence-corrected chi connectivity index (χ0v) is 16.2. The first kappa shape index (κ1) is 17.3. The molecule has 0 aliphatic heterocycles. The molecule has 0 aliphatic carbocycles. The molecule has 0 unspecified atom stereocenters. The summed E-state index contributed by atoms with van der Waals surface area (Å²) < 4.78 is 6.00. The van der Waals surface area contributed by atoms with E-state index < -0.39 is 0 Å². The molecule has 26 heavy (non-hydrogen) atoms. The molecule has 0 atom stereocenters. The Hall–Kier alpha value is -2.14. The van der Waals surface area contributed by atoms with Crippen LogP contribution in [0.1, 0.15) is 11.1 Å². The average Bonchev–Trinajstić information content (AvgIpc) is 3.07. The maximum Gasteiger partial charge on any atom is 0.226 e. The lowest BCUT2D eigenvalue weighted by Gasteiger charge is -2.10. The van der Waals surface area contributed by atoms with Crippen molar-refractivity contribution in [1.29, 1.82) is 0 Å². The second-order valence-corrected chi connectivity index (χ2v) is 7.54. The number of fused-ring (bicyclic) bond motifs is 1. The fourth-order valence-electron chi connectivity index (χ4n) is 2.71. The van der Waals surface area contributed by atoms with E-state index in [1.54, 1.807) is 23.5 Å². The van der Waals surface area contributed by atoms with Crippen LogP contribution >= 0.6 is 34.5 Å². The van der Waals surface area contributed by atoms with Gasteiger partial charge in [0.15, 0.2) is 0 Å². The predicted molar refractivity (Wildman–Crippen MR) is 108 cm³/mol. The summed E-state index contributed by atoms with van der Waals surface area (Å²) in [5.74, 6) is 0.530. The molecule has 0 radical (unpaired) electrons. The summed E-state index contributed by atoms with van der Waals surface area (Å²) in [6, 6.07) is 13.8. The van der Waals surface area contributed by atoms with Gasteiger partial charge in [0.25, 0.3) is 0 Å². The van der Waals surface area contributed by atoms with Crippen LogP contribution in [0.3, 0.4) is 0 Å². The van der Waals surface area contributed by atoms with Gasteiger partial charge in [-0.3, -0.25) is 0 Å². The summed E-state index contributed by atoms with van der Waals surface area (Å²) in [7, 11) is 0. The molecule has 0 saturated heterocycles. The van der Waals surface area contributed by atoms with Crippen molar-refractivity contribution in [2.45, 2.75) is 13.5 Å². The van der Waals surface area contributed by atoms with Crippen LogP contribution in [0.5, 0.6) is 5.88 Å². The van der Waals surface area contributed by atoms with E-state index in [1.165, 1.54) is 11.9 Å². The van der Waals surface area contributed by atoms with Crippen LogP contribution in [-0.2, 0) is 6.61 Å². The number of thiophene rings is 1. The SMILES string of the molecule is Cc1ccc(-c2csc3ncnc(OCc4c(Cl)cccc4Cl)c23)cc1. The number of rotatable bonds is 4. The monoisotopic (exact) mass is 400 g/mol. The molecule has 0 aliphatic rings. The van der Waals surface area contributed by atoms with Gasteiger partial charge in [-0.05, 0) is 24.6 Å². The molecular formula is C20H14Cl2N2OS. The van der Waals surface area contributed by atoms with Gasteiger partial charge in [-0.25, -0.2) is 9.97 Å². The van der Waals surface area contributed by atoms with Crippen LogP contribution in [0.2, 0.25) is 10.0 Å². The van der Waals surface area contributed by atoms with Crippen molar-refractivity contribution in [2.75, 3.05) is 0 Å². The lowest BCUT2D eigenvalue weighted by Crippen LogP contribution is -2.00. The first-order valence-electron chi connectivity index (χ1n) is 7.98. The van der Waals surface area contributed by atoms with E-state index in [1.807, 2.05) is 6.07 Å². The fraction of sp³-hybridized carbons (Fsp3) is 0.100. The van der Waals surface area contributed by atoms with Crippen LogP contribution in [0, 0.1) is 6.92 Å². The van der Waals surface area contributed by atoms with Gasteiger partial charge in [-0.1, -0.05) is 59.1 Å². The first-order valence-corrected chi connectivity index (χ1v) is 9.62. The van der Waals surface area contributed by atoms with Crippen LogP contribution in [0.15, 0.2) is 54.2 Å². The molecule has 4 rings (SSSR count). The van der Waals surface area contributed by atoms with Crippen molar-refractivity contribution in [3.8, 4) is 17.0 Å². The van der Waals surface area contributed by atoms with Crippen molar-refractivity contribution in [2.24, 2.45) is 0 Å². The Morgan fingerprint density at radius 1 is 1.00 bits per heavy atom. The van der Waals surface area contributed by atoms with E-state index >= 15 is 0 Å². The Kier molecular flexibility index (Phi) is 4.81. The lowest BCUT2D eigenvalue weighted by atomic mass is 10.0. The van der Waals surface area contributed by atoms with E-state index in [2.05, 4.69) is 46.5 Å². The molecule has 2 aromatic carbocycles. The largest absolute Gasteiger partial charge is 0.472 e. The molecule has 130 valence electrons. The molecule has 0 bridgehead atoms. The highest BCUT2D eigenvalue weighted by molar-refractivity contribution is 7.17. The van der Waals surface area contributed by atoms with E-state index in [4.69, 9.17) is 27.9 Å². The molecule has 4 aromatic rings. The Balaban J connectivity index is 1.74. The Morgan fingerprint density at radius 3 is 2.46 bits per heavy atom. The number of nitrogens with zero attached hydrogens (tertiary/aromatic N) is 2. The zero-order valence-electron chi connectivity index (χ0n) is 13.9. The summed E-state index contributed by atoms with van der Waals surface area (Å²) in [6.45, 7) is 2.31. The van der Waals surface area contributed by atoms with Crippen molar-refractivity contribution < 1.29 is 4.74 Å². The molecule has 0 amide bonds. The summed E-state index contributed by atoms with van der Waals surface area (Å²) in [6.07, 6.45) is 1.52. The standard InChI is InChI=1S/C20H14Cl2N2OS/c1-12-5-7-13(8-6-12)15-10-26-20-18(15)19(23-11-24-20)25-9-14-16(21)3-2-4-17(14)22/h2-8,10-11H,9H2,1H3. The molecule has 3 nitrogen and oxygen atoms in total. The third-order valence-electron chi connectivity index (χ3n) is 4.11. The maximum atomic E-state index is 6.24. The van der Waals surface area contributed by atoms with E-state index in [0.717, 1.165) is 26.9 Å². The number of hydrogen-bond donors (Lipinski definition) is 0. The first-order chi connectivity index (χ1) is 12.6. The molecular weight excluding hydrogens is 387 g/mol. The summed E-state index contributed by atoms with van der Waals surface area (Å²) in [5.41, 5.74) is 4.13. The molecule has 2 aromatic heterocycles. The minimum absolute atomic E-state index is 0.244. The van der Waals surface area contributed by atoms with Gasteiger partial charge in [0.1, 0.15) is 17.8 Å². The number of ether oxygens (including phenoxy) is 1. The summed E-state index contributed by atoms with van der Waals surface area (Å²) >= 11 is 14.1. The van der Waals surface area contributed by atoms with Gasteiger partial charge >= 0.3 is 0 Å². The third-order valence-corrected chi connectivity index (χ3v) is 5.71. The molecule has 0 N–H and O–H groups in total. The molecule has 0 saturated carbocycles. The van der Waals surface area contributed by atoms with Crippen molar-refractivity contribution in [1.82, 2.24) is 9.97 Å². The van der Waals surface area contributed by atoms with Crippen molar-refractivity contribution in [3.63, 3.8) is 0 Å². The van der Waals surface area contributed by atoms with Crippen molar-refractivity contribution >= 4 is 44.8 Å². The average molecular weight is 401 g/mol. The van der Waals surface area contributed by atoms with Crippen LogP contribution in [0.25, 0.3) is 21.3 Å². The van der Waals surface area contributed by atoms with Gasteiger partial charge in [0.2, 0.25) is 5.88 Å². The molecule has 0 fully saturated rings. The van der Waals surface area contributed by atoms with Gasteiger partial charge in [-0.15, -0.1) is 11.3 Å². The molecule has 2 heterocycles. The third kappa shape index (κ3) is 3.28. The van der Waals surface area contributed by atoms with Crippen LogP contribution in [0.4, 0.5) is 0 Å². The van der Waals surface area contributed by atoms with Crippen LogP contribution < -0.4 is 4.74 Å². The maximum absolute atomic E-state index is 6.24. The van der Waals surface area contributed by atoms with E-state index in [-0.39, 0.29) is 6.61 Å². The Bertz CT molecular complexity index is 1060. The minimum atomic E-state index is 0.244. The summed E-state index contributed by atoms with van der Waals surface area (Å²) in [4.78, 5) is 9.60. The second-order valence-electron chi connectivity index (χ2n) is 5.86. The van der Waals surface area contributed by atoms with Gasteiger partial charge < -0.3 is 4.74 Å². The zero-order chi connectivity index (χ0) is 18.1. The number of aromatic nitrogens is 2. The Labute approximate surface area is 165 Å². The number of benzene rings is 2. The van der Waals surface area contributed by atoms with E-state index in [9.17, 15) is 0 Å². The predicted octanol–water partition coefficient (Wildman–Crippen LogP) is 6.55. The number of aryl methyl sites for hydroxylation is 1. The number of hydrogen-bond acceptors (Lipinski definition) is 4. The molecule has 6 heteroatoms. The smallest absolute Gasteiger partial charge is 0.226 e. The summed E-state index contributed by atoms with van der Waals surface area (Å²) in [5, 5.41) is 4.14. The minimum Gasteiger partial charge on any atom is -0.472 e. The highest BCUT2D eigenvalue weighted by Gasteiger charge is 2.15. The highest BCUT2D eigenvalue weighted by Crippen LogP contribution is 2.38.